The van der Waals surface area contributed by atoms with Gasteiger partial charge in [-0.1, -0.05) is 56.3 Å². The van der Waals surface area contributed by atoms with Gasteiger partial charge in [0.05, 0.1) is 11.0 Å². The minimum absolute atomic E-state index is 0.0227. The van der Waals surface area contributed by atoms with E-state index in [2.05, 4.69) is 22.8 Å². The van der Waals surface area contributed by atoms with Crippen LogP contribution in [0, 0.1) is 6.92 Å². The van der Waals surface area contributed by atoms with Gasteiger partial charge in [0, 0.05) is 30.9 Å². The standard InChI is InChI=1S/C21H19N3O.C2H6/c1-15-12-17(14-23(2)21(15)25)20-22-18-10-6-7-11-19(18)24(20)13-16-8-4-3-5-9-16;1-2/h3-12,14H,13H2,1-2H3;1-2H3. The predicted octanol–water partition coefficient (Wildman–Crippen LogP) is 4.78. The van der Waals surface area contributed by atoms with E-state index in [1.54, 1.807) is 11.6 Å². The molecule has 2 heterocycles. The number of para-hydroxylation sites is 2. The van der Waals surface area contributed by atoms with Gasteiger partial charge in [-0.3, -0.25) is 4.79 Å². The number of aromatic nitrogens is 3. The molecule has 0 unspecified atom stereocenters. The molecule has 0 aliphatic rings. The first-order valence-electron chi connectivity index (χ1n) is 9.30. The summed E-state index contributed by atoms with van der Waals surface area (Å²) in [5, 5.41) is 0. The van der Waals surface area contributed by atoms with E-state index in [9.17, 15) is 4.79 Å². The van der Waals surface area contributed by atoms with Crippen molar-refractivity contribution in [3.8, 4) is 11.4 Å². The van der Waals surface area contributed by atoms with Gasteiger partial charge in [0.1, 0.15) is 5.82 Å². The Balaban J connectivity index is 0.00000102. The normalized spacial score (nSPS) is 10.5. The Bertz CT molecular complexity index is 1080. The largest absolute Gasteiger partial charge is 0.319 e. The fourth-order valence-corrected chi connectivity index (χ4v) is 3.22. The molecule has 0 atom stereocenters. The molecule has 0 bridgehead atoms. The highest BCUT2D eigenvalue weighted by atomic mass is 16.1. The van der Waals surface area contributed by atoms with Crippen molar-refractivity contribution in [1.29, 1.82) is 0 Å². The summed E-state index contributed by atoms with van der Waals surface area (Å²) in [6, 6.07) is 20.4. The summed E-state index contributed by atoms with van der Waals surface area (Å²) in [6.07, 6.45) is 1.86. The van der Waals surface area contributed by atoms with Gasteiger partial charge in [-0.2, -0.15) is 0 Å². The number of pyridine rings is 1. The lowest BCUT2D eigenvalue weighted by Crippen LogP contribution is -2.18. The number of rotatable bonds is 3. The van der Waals surface area contributed by atoms with E-state index in [0.29, 0.717) is 0 Å². The third-order valence-corrected chi connectivity index (χ3v) is 4.46. The Hall–Kier alpha value is -3.14. The molecule has 0 amide bonds. The minimum Gasteiger partial charge on any atom is -0.319 e. The molecule has 2 aromatic carbocycles. The second kappa shape index (κ2) is 8.04. The highest BCUT2D eigenvalue weighted by Gasteiger charge is 2.14. The quantitative estimate of drug-likeness (QED) is 0.528. The van der Waals surface area contributed by atoms with Gasteiger partial charge in [-0.25, -0.2) is 4.98 Å². The van der Waals surface area contributed by atoms with E-state index in [1.165, 1.54) is 5.56 Å². The van der Waals surface area contributed by atoms with Gasteiger partial charge in [0.15, 0.2) is 0 Å². The number of hydrogen-bond acceptors (Lipinski definition) is 2. The molecule has 27 heavy (non-hydrogen) atoms. The van der Waals surface area contributed by atoms with Crippen molar-refractivity contribution in [2.24, 2.45) is 7.05 Å². The minimum atomic E-state index is 0.0227. The van der Waals surface area contributed by atoms with Crippen molar-refractivity contribution in [2.45, 2.75) is 27.3 Å². The highest BCUT2D eigenvalue weighted by molar-refractivity contribution is 5.80. The van der Waals surface area contributed by atoms with E-state index in [0.717, 1.165) is 34.5 Å². The molecular weight excluding hydrogens is 334 g/mol. The Morgan fingerprint density at radius 1 is 0.963 bits per heavy atom. The van der Waals surface area contributed by atoms with Crippen LogP contribution in [-0.2, 0) is 13.6 Å². The van der Waals surface area contributed by atoms with Crippen LogP contribution in [0.1, 0.15) is 25.0 Å². The van der Waals surface area contributed by atoms with Gasteiger partial charge < -0.3 is 9.13 Å². The number of benzene rings is 2. The van der Waals surface area contributed by atoms with Crippen LogP contribution in [0.2, 0.25) is 0 Å². The average molecular weight is 359 g/mol. The molecule has 0 fully saturated rings. The molecule has 4 rings (SSSR count). The molecule has 138 valence electrons. The molecule has 0 aliphatic heterocycles. The first kappa shape index (κ1) is 18.6. The van der Waals surface area contributed by atoms with Crippen molar-refractivity contribution in [3.05, 3.63) is 88.3 Å². The smallest absolute Gasteiger partial charge is 0.253 e. The van der Waals surface area contributed by atoms with Crippen LogP contribution in [0.4, 0.5) is 0 Å². The maximum Gasteiger partial charge on any atom is 0.253 e. The molecule has 0 spiro atoms. The third kappa shape index (κ3) is 3.70. The van der Waals surface area contributed by atoms with Crippen LogP contribution in [-0.4, -0.2) is 14.1 Å². The fraction of sp³-hybridized carbons (Fsp3) is 0.217. The van der Waals surface area contributed by atoms with E-state index >= 15 is 0 Å². The SMILES string of the molecule is CC.Cc1cc(-c2nc3ccccc3n2Cc2ccccc2)cn(C)c1=O. The Kier molecular flexibility index (Phi) is 5.55. The second-order valence-electron chi connectivity index (χ2n) is 6.32. The first-order valence-corrected chi connectivity index (χ1v) is 9.30. The van der Waals surface area contributed by atoms with Crippen LogP contribution in [0.25, 0.3) is 22.4 Å². The van der Waals surface area contributed by atoms with Gasteiger partial charge >= 0.3 is 0 Å². The number of nitrogens with zero attached hydrogens (tertiary/aromatic N) is 3. The van der Waals surface area contributed by atoms with Crippen molar-refractivity contribution < 1.29 is 0 Å². The van der Waals surface area contributed by atoms with E-state index in [-0.39, 0.29) is 5.56 Å². The average Bonchev–Trinajstić information content (AvgIpc) is 3.07. The molecule has 4 heteroatoms. The van der Waals surface area contributed by atoms with Crippen molar-refractivity contribution in [3.63, 3.8) is 0 Å². The summed E-state index contributed by atoms with van der Waals surface area (Å²) in [7, 11) is 1.78. The summed E-state index contributed by atoms with van der Waals surface area (Å²) in [4.78, 5) is 16.9. The summed E-state index contributed by atoms with van der Waals surface area (Å²) < 4.78 is 3.83. The van der Waals surface area contributed by atoms with E-state index in [4.69, 9.17) is 4.98 Å². The number of imidazole rings is 1. The van der Waals surface area contributed by atoms with Crippen LogP contribution < -0.4 is 5.56 Å². The van der Waals surface area contributed by atoms with Crippen molar-refractivity contribution in [1.82, 2.24) is 14.1 Å². The lowest BCUT2D eigenvalue weighted by Gasteiger charge is -2.11. The molecule has 0 radical (unpaired) electrons. The summed E-state index contributed by atoms with van der Waals surface area (Å²) >= 11 is 0. The fourth-order valence-electron chi connectivity index (χ4n) is 3.22. The lowest BCUT2D eigenvalue weighted by atomic mass is 10.2. The summed E-state index contributed by atoms with van der Waals surface area (Å²) in [5.41, 5.74) is 4.96. The molecule has 4 aromatic rings. The van der Waals surface area contributed by atoms with Gasteiger partial charge in [0.25, 0.3) is 5.56 Å². The second-order valence-corrected chi connectivity index (χ2v) is 6.32. The predicted molar refractivity (Wildman–Crippen MR) is 112 cm³/mol. The maximum atomic E-state index is 12.0. The molecule has 0 aliphatic carbocycles. The first-order chi connectivity index (χ1) is 13.1. The zero-order valence-corrected chi connectivity index (χ0v) is 16.3. The zero-order valence-electron chi connectivity index (χ0n) is 16.3. The lowest BCUT2D eigenvalue weighted by molar-refractivity contribution is 0.819. The van der Waals surface area contributed by atoms with Gasteiger partial charge in [-0.15, -0.1) is 0 Å². The molecule has 0 N–H and O–H groups in total. The van der Waals surface area contributed by atoms with Crippen molar-refractivity contribution in [2.75, 3.05) is 0 Å². The number of aryl methyl sites for hydroxylation is 2. The van der Waals surface area contributed by atoms with Crippen LogP contribution in [0.3, 0.4) is 0 Å². The Labute approximate surface area is 159 Å². The summed E-state index contributed by atoms with van der Waals surface area (Å²) in [5.74, 6) is 0.878. The zero-order chi connectivity index (χ0) is 19.4. The maximum absolute atomic E-state index is 12.0. The van der Waals surface area contributed by atoms with Gasteiger partial charge in [-0.05, 0) is 30.7 Å². The molecule has 4 nitrogen and oxygen atoms in total. The Morgan fingerprint density at radius 2 is 1.63 bits per heavy atom. The number of fused-ring (bicyclic) bond motifs is 1. The monoisotopic (exact) mass is 359 g/mol. The topological polar surface area (TPSA) is 39.8 Å². The summed E-state index contributed by atoms with van der Waals surface area (Å²) in [6.45, 7) is 6.58. The highest BCUT2D eigenvalue weighted by Crippen LogP contribution is 2.25. The van der Waals surface area contributed by atoms with E-state index in [1.807, 2.05) is 69.4 Å². The van der Waals surface area contributed by atoms with Crippen LogP contribution in [0.5, 0.6) is 0 Å². The molecule has 0 saturated heterocycles. The van der Waals surface area contributed by atoms with Crippen LogP contribution >= 0.6 is 0 Å². The molecule has 0 saturated carbocycles. The molecular formula is C23H25N3O. The van der Waals surface area contributed by atoms with Crippen molar-refractivity contribution >= 4 is 11.0 Å². The van der Waals surface area contributed by atoms with E-state index < -0.39 is 0 Å². The molecule has 2 aromatic heterocycles. The third-order valence-electron chi connectivity index (χ3n) is 4.46. The Morgan fingerprint density at radius 3 is 2.33 bits per heavy atom. The number of hydrogen-bond donors (Lipinski definition) is 0. The van der Waals surface area contributed by atoms with Crippen LogP contribution in [0.15, 0.2) is 71.7 Å². The van der Waals surface area contributed by atoms with Gasteiger partial charge in [0.2, 0.25) is 0 Å².